The molecule has 9 heteroatoms. The topological polar surface area (TPSA) is 94.6 Å². The maximum atomic E-state index is 12.9. The summed E-state index contributed by atoms with van der Waals surface area (Å²) in [6.45, 7) is 4.36. The lowest BCUT2D eigenvalue weighted by Crippen LogP contribution is -2.23. The van der Waals surface area contributed by atoms with Crippen LogP contribution in [0.1, 0.15) is 36.9 Å². The first-order chi connectivity index (χ1) is 15.2. The standard InChI is InChI=1S/C22H24N8O/c1-2-29-21(31)18-13-24-22(25-16-4-3-15-12-23-9-7-14(15)11-16)26-20(18)30(29)19-8-10-28(27-19)17-5-6-17/h3-4,8,10-11,13,17,23H,2,5-7,9,12H2,1H3,(H,24,25,26). The van der Waals surface area contributed by atoms with Gasteiger partial charge in [0.15, 0.2) is 11.5 Å². The average Bonchev–Trinajstić information content (AvgIpc) is 3.47. The molecule has 158 valence electrons. The zero-order valence-electron chi connectivity index (χ0n) is 17.4. The van der Waals surface area contributed by atoms with Crippen molar-refractivity contribution in [2.75, 3.05) is 11.9 Å². The highest BCUT2D eigenvalue weighted by Crippen LogP contribution is 2.34. The van der Waals surface area contributed by atoms with E-state index in [1.807, 2.05) is 34.6 Å². The molecule has 4 aromatic rings. The van der Waals surface area contributed by atoms with Crippen molar-refractivity contribution in [1.29, 1.82) is 0 Å². The van der Waals surface area contributed by atoms with Gasteiger partial charge in [-0.25, -0.2) is 14.3 Å². The van der Waals surface area contributed by atoms with Gasteiger partial charge >= 0.3 is 0 Å². The van der Waals surface area contributed by atoms with E-state index in [0.29, 0.717) is 35.4 Å². The number of anilines is 2. The molecule has 2 N–H and O–H groups in total. The predicted molar refractivity (Wildman–Crippen MR) is 118 cm³/mol. The summed E-state index contributed by atoms with van der Waals surface area (Å²) in [5.41, 5.74) is 4.07. The van der Waals surface area contributed by atoms with E-state index in [-0.39, 0.29) is 5.56 Å². The van der Waals surface area contributed by atoms with Crippen LogP contribution in [0.15, 0.2) is 41.5 Å². The van der Waals surface area contributed by atoms with E-state index < -0.39 is 0 Å². The van der Waals surface area contributed by atoms with E-state index in [2.05, 4.69) is 27.8 Å². The number of nitrogens with zero attached hydrogens (tertiary/aromatic N) is 6. The monoisotopic (exact) mass is 416 g/mol. The van der Waals surface area contributed by atoms with Crippen molar-refractivity contribution in [2.24, 2.45) is 0 Å². The van der Waals surface area contributed by atoms with Gasteiger partial charge in [-0.15, -0.1) is 0 Å². The number of hydrogen-bond donors (Lipinski definition) is 2. The minimum Gasteiger partial charge on any atom is -0.324 e. The molecule has 0 bridgehead atoms. The number of fused-ring (bicyclic) bond motifs is 2. The summed E-state index contributed by atoms with van der Waals surface area (Å²) in [6.07, 6.45) is 6.90. The Balaban J connectivity index is 1.42. The van der Waals surface area contributed by atoms with Crippen molar-refractivity contribution in [2.45, 2.75) is 45.3 Å². The summed E-state index contributed by atoms with van der Waals surface area (Å²) < 4.78 is 5.45. The van der Waals surface area contributed by atoms with E-state index in [1.165, 1.54) is 11.1 Å². The van der Waals surface area contributed by atoms with Crippen LogP contribution in [-0.2, 0) is 19.5 Å². The lowest BCUT2D eigenvalue weighted by atomic mass is 10.0. The van der Waals surface area contributed by atoms with Gasteiger partial charge in [0.05, 0.1) is 6.04 Å². The molecule has 6 rings (SSSR count). The second kappa shape index (κ2) is 7.05. The fourth-order valence-electron chi connectivity index (χ4n) is 4.27. The first-order valence-corrected chi connectivity index (χ1v) is 10.8. The summed E-state index contributed by atoms with van der Waals surface area (Å²) in [5, 5.41) is 11.9. The Morgan fingerprint density at radius 2 is 2.13 bits per heavy atom. The molecular weight excluding hydrogens is 392 g/mol. The lowest BCUT2D eigenvalue weighted by molar-refractivity contribution is 0.553. The summed E-state index contributed by atoms with van der Waals surface area (Å²) in [5.74, 6) is 1.16. The molecule has 4 heterocycles. The molecule has 0 spiro atoms. The van der Waals surface area contributed by atoms with Crippen molar-refractivity contribution >= 4 is 22.7 Å². The van der Waals surface area contributed by atoms with Crippen LogP contribution in [0.25, 0.3) is 16.9 Å². The molecule has 3 aromatic heterocycles. The van der Waals surface area contributed by atoms with Crippen LogP contribution in [-0.4, -0.2) is 35.7 Å². The number of hydrogen-bond acceptors (Lipinski definition) is 6. The Morgan fingerprint density at radius 3 is 2.97 bits per heavy atom. The van der Waals surface area contributed by atoms with E-state index in [0.717, 1.165) is 38.0 Å². The Hall–Kier alpha value is -3.46. The summed E-state index contributed by atoms with van der Waals surface area (Å²) in [4.78, 5) is 22.1. The molecule has 9 nitrogen and oxygen atoms in total. The minimum atomic E-state index is -0.105. The van der Waals surface area contributed by atoms with Crippen LogP contribution in [0.3, 0.4) is 0 Å². The fourth-order valence-corrected chi connectivity index (χ4v) is 4.27. The quantitative estimate of drug-likeness (QED) is 0.519. The third-order valence-electron chi connectivity index (χ3n) is 6.06. The summed E-state index contributed by atoms with van der Waals surface area (Å²) in [7, 11) is 0. The van der Waals surface area contributed by atoms with Gasteiger partial charge in [-0.3, -0.25) is 9.48 Å². The third-order valence-corrected chi connectivity index (χ3v) is 6.06. The zero-order chi connectivity index (χ0) is 20.9. The molecule has 1 aromatic carbocycles. The average molecular weight is 416 g/mol. The highest BCUT2D eigenvalue weighted by Gasteiger charge is 2.25. The van der Waals surface area contributed by atoms with Crippen molar-refractivity contribution in [3.8, 4) is 5.82 Å². The Kier molecular flexibility index (Phi) is 4.17. The van der Waals surface area contributed by atoms with Crippen molar-refractivity contribution in [1.82, 2.24) is 34.4 Å². The highest BCUT2D eigenvalue weighted by molar-refractivity contribution is 5.77. The van der Waals surface area contributed by atoms with E-state index in [4.69, 9.17) is 10.1 Å². The van der Waals surface area contributed by atoms with Crippen molar-refractivity contribution in [3.05, 3.63) is 58.1 Å². The largest absolute Gasteiger partial charge is 0.324 e. The van der Waals surface area contributed by atoms with Crippen molar-refractivity contribution < 1.29 is 0 Å². The molecule has 1 aliphatic carbocycles. The number of benzene rings is 1. The van der Waals surface area contributed by atoms with Gasteiger partial charge in [-0.1, -0.05) is 6.07 Å². The van der Waals surface area contributed by atoms with Crippen LogP contribution in [0.4, 0.5) is 11.6 Å². The van der Waals surface area contributed by atoms with Gasteiger partial charge < -0.3 is 10.6 Å². The maximum absolute atomic E-state index is 12.9. The molecule has 31 heavy (non-hydrogen) atoms. The first kappa shape index (κ1) is 18.3. The van der Waals surface area contributed by atoms with E-state index >= 15 is 0 Å². The van der Waals surface area contributed by atoms with Gasteiger partial charge in [0.25, 0.3) is 5.56 Å². The first-order valence-electron chi connectivity index (χ1n) is 10.8. The molecule has 0 unspecified atom stereocenters. The van der Waals surface area contributed by atoms with E-state index in [9.17, 15) is 4.79 Å². The Morgan fingerprint density at radius 1 is 1.23 bits per heavy atom. The van der Waals surface area contributed by atoms with Gasteiger partial charge in [-0.05, 0) is 56.0 Å². The van der Waals surface area contributed by atoms with Crippen LogP contribution in [0.5, 0.6) is 0 Å². The van der Waals surface area contributed by atoms with Crippen molar-refractivity contribution in [3.63, 3.8) is 0 Å². The smallest absolute Gasteiger partial charge is 0.278 e. The second-order valence-electron chi connectivity index (χ2n) is 8.18. The molecule has 0 atom stereocenters. The Bertz CT molecular complexity index is 1340. The third kappa shape index (κ3) is 3.12. The van der Waals surface area contributed by atoms with E-state index in [1.54, 1.807) is 10.9 Å². The molecule has 1 saturated carbocycles. The number of aromatic nitrogens is 6. The Labute approximate surface area is 178 Å². The highest BCUT2D eigenvalue weighted by atomic mass is 16.1. The minimum absolute atomic E-state index is 0.105. The molecule has 2 aliphatic rings. The summed E-state index contributed by atoms with van der Waals surface area (Å²) >= 11 is 0. The van der Waals surface area contributed by atoms with Crippen LogP contribution < -0.4 is 16.2 Å². The molecule has 0 saturated heterocycles. The van der Waals surface area contributed by atoms with Crippen LogP contribution in [0, 0.1) is 0 Å². The predicted octanol–water partition coefficient (Wildman–Crippen LogP) is 2.52. The number of nitrogens with one attached hydrogen (secondary N) is 2. The molecule has 1 fully saturated rings. The second-order valence-corrected chi connectivity index (χ2v) is 8.18. The SMILES string of the molecule is CCn1c(=O)c2cnc(Nc3ccc4c(c3)CCNC4)nc2n1-c1ccn(C2CC2)n1. The number of rotatable bonds is 5. The lowest BCUT2D eigenvalue weighted by Gasteiger charge is -2.18. The van der Waals surface area contributed by atoms with Gasteiger partial charge in [0, 0.05) is 37.2 Å². The fraction of sp³-hybridized carbons (Fsp3) is 0.364. The van der Waals surface area contributed by atoms with Gasteiger partial charge in [0.2, 0.25) is 5.95 Å². The molecule has 0 amide bonds. The van der Waals surface area contributed by atoms with Gasteiger partial charge in [-0.2, -0.15) is 10.1 Å². The zero-order valence-corrected chi connectivity index (χ0v) is 17.4. The van der Waals surface area contributed by atoms with Crippen LogP contribution in [0.2, 0.25) is 0 Å². The summed E-state index contributed by atoms with van der Waals surface area (Å²) in [6, 6.07) is 8.75. The normalized spacial score (nSPS) is 15.9. The molecular formula is C22H24N8O. The maximum Gasteiger partial charge on any atom is 0.278 e. The molecule has 1 aliphatic heterocycles. The van der Waals surface area contributed by atoms with Gasteiger partial charge in [0.1, 0.15) is 5.39 Å². The molecule has 0 radical (unpaired) electrons. The van der Waals surface area contributed by atoms with Crippen LogP contribution >= 0.6 is 0 Å².